The molecule has 0 aliphatic carbocycles. The highest BCUT2D eigenvalue weighted by molar-refractivity contribution is 5.89. The molecule has 0 bridgehead atoms. The number of carbonyl (C=O) groups excluding carboxylic acids is 1. The zero-order chi connectivity index (χ0) is 14.5. The first kappa shape index (κ1) is 14.1. The van der Waals surface area contributed by atoms with Gasteiger partial charge >= 0.3 is 5.97 Å². The summed E-state index contributed by atoms with van der Waals surface area (Å²) >= 11 is 0. The average Bonchev–Trinajstić information content (AvgIpc) is 2.94. The van der Waals surface area contributed by atoms with Gasteiger partial charge in [-0.1, -0.05) is 12.1 Å². The van der Waals surface area contributed by atoms with Crippen LogP contribution in [0.4, 0.5) is 5.69 Å². The summed E-state index contributed by atoms with van der Waals surface area (Å²) < 4.78 is 6.57. The number of methoxy groups -OCH3 is 1. The van der Waals surface area contributed by atoms with Crippen LogP contribution in [0.3, 0.4) is 0 Å². The number of esters is 1. The highest BCUT2D eigenvalue weighted by Crippen LogP contribution is 2.12. The second kappa shape index (κ2) is 6.23. The second-order valence-electron chi connectivity index (χ2n) is 4.84. The Morgan fingerprint density at radius 3 is 2.60 bits per heavy atom. The van der Waals surface area contributed by atoms with Crippen molar-refractivity contribution in [2.45, 2.75) is 26.4 Å². The molecule has 0 amide bonds. The van der Waals surface area contributed by atoms with Crippen LogP contribution in [0.25, 0.3) is 0 Å². The molecule has 0 spiro atoms. The van der Waals surface area contributed by atoms with E-state index in [1.54, 1.807) is 12.1 Å². The van der Waals surface area contributed by atoms with Gasteiger partial charge in [-0.15, -0.1) is 0 Å². The molecule has 0 unspecified atom stereocenters. The van der Waals surface area contributed by atoms with Crippen molar-refractivity contribution in [2.75, 3.05) is 12.4 Å². The van der Waals surface area contributed by atoms with Crippen molar-refractivity contribution in [3.8, 4) is 0 Å². The van der Waals surface area contributed by atoms with Crippen LogP contribution in [0.5, 0.6) is 0 Å². The van der Waals surface area contributed by atoms with Gasteiger partial charge in [0.2, 0.25) is 0 Å². The first-order chi connectivity index (χ1) is 9.60. The van der Waals surface area contributed by atoms with Crippen LogP contribution in [-0.4, -0.2) is 22.9 Å². The van der Waals surface area contributed by atoms with Gasteiger partial charge in [0.25, 0.3) is 0 Å². The van der Waals surface area contributed by atoms with E-state index in [9.17, 15) is 4.79 Å². The van der Waals surface area contributed by atoms with E-state index in [0.717, 1.165) is 11.3 Å². The smallest absolute Gasteiger partial charge is 0.337 e. The predicted octanol–water partition coefficient (Wildman–Crippen LogP) is 2.86. The third-order valence-corrected chi connectivity index (χ3v) is 3.00. The summed E-state index contributed by atoms with van der Waals surface area (Å²) in [5, 5.41) is 7.57. The summed E-state index contributed by atoms with van der Waals surface area (Å²) in [6.45, 7) is 4.86. The molecule has 2 rings (SSSR count). The number of hydrogen-bond donors (Lipinski definition) is 1. The zero-order valence-electron chi connectivity index (χ0n) is 12.0. The molecule has 1 aromatic heterocycles. The Morgan fingerprint density at radius 1 is 1.35 bits per heavy atom. The maximum absolute atomic E-state index is 11.3. The van der Waals surface area contributed by atoms with Crippen LogP contribution in [0.2, 0.25) is 0 Å². The first-order valence-corrected chi connectivity index (χ1v) is 6.55. The molecule has 0 atom stereocenters. The SMILES string of the molecule is COC(=O)c1ccc(CNc2cnn(C(C)C)c2)cc1. The number of aromatic nitrogens is 2. The Hall–Kier alpha value is -2.30. The van der Waals surface area contributed by atoms with Crippen LogP contribution in [0.1, 0.15) is 35.8 Å². The quantitative estimate of drug-likeness (QED) is 0.851. The van der Waals surface area contributed by atoms with Crippen molar-refractivity contribution in [1.82, 2.24) is 9.78 Å². The monoisotopic (exact) mass is 273 g/mol. The summed E-state index contributed by atoms with van der Waals surface area (Å²) in [7, 11) is 1.38. The topological polar surface area (TPSA) is 56.1 Å². The van der Waals surface area contributed by atoms with Gasteiger partial charge in [-0.25, -0.2) is 4.79 Å². The van der Waals surface area contributed by atoms with E-state index in [-0.39, 0.29) is 5.97 Å². The Kier molecular flexibility index (Phi) is 4.40. The Morgan fingerprint density at radius 2 is 2.05 bits per heavy atom. The van der Waals surface area contributed by atoms with Gasteiger partial charge in [0.05, 0.1) is 24.6 Å². The van der Waals surface area contributed by atoms with Crippen molar-refractivity contribution in [2.24, 2.45) is 0 Å². The number of carbonyl (C=O) groups is 1. The molecule has 0 radical (unpaired) electrons. The number of benzene rings is 1. The van der Waals surface area contributed by atoms with Crippen LogP contribution >= 0.6 is 0 Å². The van der Waals surface area contributed by atoms with Crippen LogP contribution in [0.15, 0.2) is 36.7 Å². The highest BCUT2D eigenvalue weighted by Gasteiger charge is 2.05. The van der Waals surface area contributed by atoms with E-state index < -0.39 is 0 Å². The fourth-order valence-corrected chi connectivity index (χ4v) is 1.79. The molecular formula is C15H19N3O2. The zero-order valence-corrected chi connectivity index (χ0v) is 12.0. The van der Waals surface area contributed by atoms with Gasteiger partial charge in [0.1, 0.15) is 0 Å². The molecule has 0 fully saturated rings. The van der Waals surface area contributed by atoms with E-state index in [0.29, 0.717) is 18.2 Å². The number of anilines is 1. The van der Waals surface area contributed by atoms with Crippen molar-refractivity contribution in [3.63, 3.8) is 0 Å². The van der Waals surface area contributed by atoms with E-state index in [2.05, 4.69) is 29.0 Å². The number of nitrogens with one attached hydrogen (secondary N) is 1. The van der Waals surface area contributed by atoms with E-state index in [4.69, 9.17) is 0 Å². The second-order valence-corrected chi connectivity index (χ2v) is 4.84. The minimum atomic E-state index is -0.317. The molecule has 1 aromatic carbocycles. The molecule has 0 aliphatic heterocycles. The van der Waals surface area contributed by atoms with Crippen LogP contribution in [-0.2, 0) is 11.3 Å². The standard InChI is InChI=1S/C15H19N3O2/c1-11(2)18-10-14(9-17-18)16-8-12-4-6-13(7-5-12)15(19)20-3/h4-7,9-11,16H,8H2,1-3H3. The fourth-order valence-electron chi connectivity index (χ4n) is 1.79. The Balaban J connectivity index is 1.95. The maximum Gasteiger partial charge on any atom is 0.337 e. The van der Waals surface area contributed by atoms with Gasteiger partial charge in [-0.2, -0.15) is 5.10 Å². The lowest BCUT2D eigenvalue weighted by atomic mass is 10.1. The first-order valence-electron chi connectivity index (χ1n) is 6.55. The lowest BCUT2D eigenvalue weighted by Crippen LogP contribution is -2.03. The predicted molar refractivity (Wildman–Crippen MR) is 77.7 cm³/mol. The molecule has 0 aliphatic rings. The molecule has 2 aromatic rings. The van der Waals surface area contributed by atoms with Crippen LogP contribution in [0, 0.1) is 0 Å². The lowest BCUT2D eigenvalue weighted by molar-refractivity contribution is 0.0600. The number of nitrogens with zero attached hydrogens (tertiary/aromatic N) is 2. The maximum atomic E-state index is 11.3. The number of ether oxygens (including phenoxy) is 1. The van der Waals surface area contributed by atoms with Gasteiger partial charge < -0.3 is 10.1 Å². The minimum absolute atomic E-state index is 0.317. The van der Waals surface area contributed by atoms with Crippen molar-refractivity contribution >= 4 is 11.7 Å². The summed E-state index contributed by atoms with van der Waals surface area (Å²) in [5.74, 6) is -0.317. The van der Waals surface area contributed by atoms with Gasteiger partial charge in [-0.05, 0) is 31.5 Å². The molecule has 20 heavy (non-hydrogen) atoms. The fraction of sp³-hybridized carbons (Fsp3) is 0.333. The normalized spacial score (nSPS) is 10.6. The lowest BCUT2D eigenvalue weighted by Gasteiger charge is -2.06. The molecule has 5 nitrogen and oxygen atoms in total. The minimum Gasteiger partial charge on any atom is -0.465 e. The largest absolute Gasteiger partial charge is 0.465 e. The van der Waals surface area contributed by atoms with Gasteiger partial charge in [-0.3, -0.25) is 4.68 Å². The summed E-state index contributed by atoms with van der Waals surface area (Å²) in [6, 6.07) is 7.70. The van der Waals surface area contributed by atoms with Crippen molar-refractivity contribution in [3.05, 3.63) is 47.8 Å². The molecule has 5 heteroatoms. The van der Waals surface area contributed by atoms with E-state index >= 15 is 0 Å². The van der Waals surface area contributed by atoms with E-state index in [1.807, 2.05) is 29.2 Å². The highest BCUT2D eigenvalue weighted by atomic mass is 16.5. The van der Waals surface area contributed by atoms with Gasteiger partial charge in [0.15, 0.2) is 0 Å². The average molecular weight is 273 g/mol. The third kappa shape index (κ3) is 3.38. The van der Waals surface area contributed by atoms with E-state index in [1.165, 1.54) is 7.11 Å². The van der Waals surface area contributed by atoms with Crippen molar-refractivity contribution < 1.29 is 9.53 Å². The Bertz CT molecular complexity index is 573. The molecule has 0 saturated heterocycles. The molecular weight excluding hydrogens is 254 g/mol. The van der Waals surface area contributed by atoms with Crippen LogP contribution < -0.4 is 5.32 Å². The number of hydrogen-bond acceptors (Lipinski definition) is 4. The molecule has 106 valence electrons. The summed E-state index contributed by atoms with van der Waals surface area (Å²) in [6.07, 6.45) is 3.79. The van der Waals surface area contributed by atoms with Crippen molar-refractivity contribution in [1.29, 1.82) is 0 Å². The molecule has 0 saturated carbocycles. The molecule has 1 N–H and O–H groups in total. The van der Waals surface area contributed by atoms with Gasteiger partial charge in [0, 0.05) is 18.8 Å². The molecule has 1 heterocycles. The Labute approximate surface area is 118 Å². The summed E-state index contributed by atoms with van der Waals surface area (Å²) in [4.78, 5) is 11.3. The third-order valence-electron chi connectivity index (χ3n) is 3.00. The summed E-state index contributed by atoms with van der Waals surface area (Å²) in [5.41, 5.74) is 2.63. The number of rotatable bonds is 5.